The van der Waals surface area contributed by atoms with Gasteiger partial charge in [0.1, 0.15) is 0 Å². The largest absolute Gasteiger partial charge is 0.376 e. The Morgan fingerprint density at radius 1 is 1.45 bits per heavy atom. The topological polar surface area (TPSA) is 61.4 Å². The first-order chi connectivity index (χ1) is 9.63. The summed E-state index contributed by atoms with van der Waals surface area (Å²) in [6, 6.07) is 7.69. The van der Waals surface area contributed by atoms with Crippen LogP contribution in [0.1, 0.15) is 31.7 Å². The van der Waals surface area contributed by atoms with Gasteiger partial charge in [-0.3, -0.25) is 9.69 Å². The second-order valence-corrected chi connectivity index (χ2v) is 5.03. The summed E-state index contributed by atoms with van der Waals surface area (Å²) in [7, 11) is 0. The lowest BCUT2D eigenvalue weighted by atomic mass is 9.97. The predicted octanol–water partition coefficient (Wildman–Crippen LogP) is 2.16. The van der Waals surface area contributed by atoms with Crippen molar-refractivity contribution in [3.05, 3.63) is 29.8 Å². The smallest absolute Gasteiger partial charge is 0.324 e. The van der Waals surface area contributed by atoms with E-state index in [1.165, 1.54) is 10.5 Å². The number of hydrogen-bond donors (Lipinski definition) is 2. The Labute approximate surface area is 119 Å². The Kier molecular flexibility index (Phi) is 4.61. The first-order valence-corrected chi connectivity index (χ1v) is 7.04. The third-order valence-electron chi connectivity index (χ3n) is 3.69. The molecule has 5 nitrogen and oxygen atoms in total. The molecule has 1 heterocycles. The molecular weight excluding hydrogens is 254 g/mol. The van der Waals surface area contributed by atoms with Gasteiger partial charge >= 0.3 is 6.03 Å². The maximum absolute atomic E-state index is 12.0. The number of hydrogen-bond acceptors (Lipinski definition) is 3. The number of imide groups is 1. The molecule has 108 valence electrons. The number of nitrogens with zero attached hydrogens (tertiary/aromatic N) is 1. The number of carbonyl (C=O) groups is 2. The van der Waals surface area contributed by atoms with Gasteiger partial charge in [0.05, 0.1) is 6.54 Å². The van der Waals surface area contributed by atoms with Gasteiger partial charge in [0.2, 0.25) is 5.91 Å². The van der Waals surface area contributed by atoms with Crippen molar-refractivity contribution in [1.29, 1.82) is 0 Å². The summed E-state index contributed by atoms with van der Waals surface area (Å²) in [5.74, 6) is 0.239. The van der Waals surface area contributed by atoms with Crippen LogP contribution < -0.4 is 10.6 Å². The molecular formula is C15H21N3O2. The Balaban J connectivity index is 2.00. The summed E-state index contributed by atoms with van der Waals surface area (Å²) < 4.78 is 0. The fourth-order valence-corrected chi connectivity index (χ4v) is 2.28. The van der Waals surface area contributed by atoms with Gasteiger partial charge < -0.3 is 10.6 Å². The van der Waals surface area contributed by atoms with Crippen molar-refractivity contribution in [3.63, 3.8) is 0 Å². The number of urea groups is 1. The van der Waals surface area contributed by atoms with Crippen LogP contribution in [0.3, 0.4) is 0 Å². The van der Waals surface area contributed by atoms with Crippen LogP contribution in [0, 0.1) is 0 Å². The SMILES string of the molecule is CC[C@@H](C)c1ccccc1NCC(=O)N1CCNC1=O. The summed E-state index contributed by atoms with van der Waals surface area (Å²) in [5, 5.41) is 5.78. The van der Waals surface area contributed by atoms with E-state index in [4.69, 9.17) is 0 Å². The number of benzene rings is 1. The van der Waals surface area contributed by atoms with Gasteiger partial charge in [-0.15, -0.1) is 0 Å². The number of rotatable bonds is 5. The van der Waals surface area contributed by atoms with Crippen LogP contribution >= 0.6 is 0 Å². The van der Waals surface area contributed by atoms with Crippen LogP contribution in [0.25, 0.3) is 0 Å². The van der Waals surface area contributed by atoms with Crippen LogP contribution in [-0.4, -0.2) is 36.5 Å². The summed E-state index contributed by atoms with van der Waals surface area (Å²) in [5.41, 5.74) is 2.17. The van der Waals surface area contributed by atoms with Crippen LogP contribution in [0.5, 0.6) is 0 Å². The highest BCUT2D eigenvalue weighted by Gasteiger charge is 2.25. The zero-order valence-corrected chi connectivity index (χ0v) is 12.0. The Morgan fingerprint density at radius 3 is 2.85 bits per heavy atom. The molecule has 3 amide bonds. The second-order valence-electron chi connectivity index (χ2n) is 5.03. The number of amides is 3. The van der Waals surface area contributed by atoms with Crippen LogP contribution in [0.15, 0.2) is 24.3 Å². The van der Waals surface area contributed by atoms with Gasteiger partial charge in [-0.05, 0) is 24.0 Å². The third-order valence-corrected chi connectivity index (χ3v) is 3.69. The Bertz CT molecular complexity index is 502. The normalized spacial score (nSPS) is 15.9. The number of carbonyl (C=O) groups excluding carboxylic acids is 2. The summed E-state index contributed by atoms with van der Waals surface area (Å²) in [4.78, 5) is 24.6. The molecule has 1 atom stereocenters. The number of anilines is 1. The first kappa shape index (κ1) is 14.4. The average molecular weight is 275 g/mol. The molecule has 0 spiro atoms. The van der Waals surface area contributed by atoms with Gasteiger partial charge in [-0.2, -0.15) is 0 Å². The number of nitrogens with one attached hydrogen (secondary N) is 2. The molecule has 0 aliphatic carbocycles. The highest BCUT2D eigenvalue weighted by Crippen LogP contribution is 2.26. The molecule has 2 N–H and O–H groups in total. The van der Waals surface area contributed by atoms with Gasteiger partial charge in [0.25, 0.3) is 0 Å². The minimum atomic E-state index is -0.299. The van der Waals surface area contributed by atoms with E-state index in [9.17, 15) is 9.59 Å². The quantitative estimate of drug-likeness (QED) is 0.865. The fourth-order valence-electron chi connectivity index (χ4n) is 2.28. The van der Waals surface area contributed by atoms with Crippen LogP contribution in [-0.2, 0) is 4.79 Å². The second kappa shape index (κ2) is 6.41. The van der Waals surface area contributed by atoms with E-state index in [-0.39, 0.29) is 18.5 Å². The first-order valence-electron chi connectivity index (χ1n) is 7.04. The molecule has 0 aromatic heterocycles. The van der Waals surface area contributed by atoms with Crippen molar-refractivity contribution in [1.82, 2.24) is 10.2 Å². The van der Waals surface area contributed by atoms with Crippen molar-refractivity contribution < 1.29 is 9.59 Å². The van der Waals surface area contributed by atoms with E-state index in [2.05, 4.69) is 30.5 Å². The van der Waals surface area contributed by atoms with E-state index in [0.29, 0.717) is 19.0 Å². The molecule has 1 saturated heterocycles. The maximum atomic E-state index is 12.0. The molecule has 1 aliphatic heterocycles. The van der Waals surface area contributed by atoms with Gasteiger partial charge in [-0.25, -0.2) is 4.79 Å². The summed E-state index contributed by atoms with van der Waals surface area (Å²) >= 11 is 0. The highest BCUT2D eigenvalue weighted by atomic mass is 16.2. The van der Waals surface area contributed by atoms with Gasteiger partial charge in [0.15, 0.2) is 0 Å². The predicted molar refractivity (Wildman–Crippen MR) is 78.7 cm³/mol. The summed E-state index contributed by atoms with van der Waals surface area (Å²) in [6.45, 7) is 5.43. The molecule has 0 saturated carbocycles. The average Bonchev–Trinajstić information content (AvgIpc) is 2.90. The van der Waals surface area contributed by atoms with E-state index in [1.807, 2.05) is 18.2 Å². The highest BCUT2D eigenvalue weighted by molar-refractivity contribution is 5.97. The lowest BCUT2D eigenvalue weighted by molar-refractivity contribution is -0.125. The van der Waals surface area contributed by atoms with Gasteiger partial charge in [-0.1, -0.05) is 32.0 Å². The molecule has 1 aromatic rings. The number of para-hydroxylation sites is 1. The molecule has 1 aromatic carbocycles. The van der Waals surface area contributed by atoms with Gasteiger partial charge in [0, 0.05) is 18.8 Å². The van der Waals surface area contributed by atoms with Crippen LogP contribution in [0.4, 0.5) is 10.5 Å². The Hall–Kier alpha value is -2.04. The van der Waals surface area contributed by atoms with Crippen LogP contribution in [0.2, 0.25) is 0 Å². The minimum absolute atomic E-state index is 0.140. The van der Waals surface area contributed by atoms with Crippen molar-refractivity contribution >= 4 is 17.6 Å². The van der Waals surface area contributed by atoms with E-state index < -0.39 is 0 Å². The fraction of sp³-hybridized carbons (Fsp3) is 0.467. The third kappa shape index (κ3) is 3.10. The van der Waals surface area contributed by atoms with E-state index in [0.717, 1.165) is 12.1 Å². The Morgan fingerprint density at radius 2 is 2.20 bits per heavy atom. The minimum Gasteiger partial charge on any atom is -0.376 e. The zero-order valence-electron chi connectivity index (χ0n) is 12.0. The molecule has 1 fully saturated rings. The molecule has 5 heteroatoms. The zero-order chi connectivity index (χ0) is 14.5. The standard InChI is InChI=1S/C15H21N3O2/c1-3-11(2)12-6-4-5-7-13(12)17-10-14(19)18-9-8-16-15(18)20/h4-7,11,17H,3,8-10H2,1-2H3,(H,16,20)/t11-/m1/s1. The molecule has 20 heavy (non-hydrogen) atoms. The van der Waals surface area contributed by atoms with Crippen molar-refractivity contribution in [3.8, 4) is 0 Å². The lowest BCUT2D eigenvalue weighted by Crippen LogP contribution is -2.38. The maximum Gasteiger partial charge on any atom is 0.324 e. The molecule has 1 aliphatic rings. The van der Waals surface area contributed by atoms with Crippen molar-refractivity contribution in [2.75, 3.05) is 25.0 Å². The van der Waals surface area contributed by atoms with Crippen molar-refractivity contribution in [2.45, 2.75) is 26.2 Å². The van der Waals surface area contributed by atoms with E-state index in [1.54, 1.807) is 0 Å². The summed E-state index contributed by atoms with van der Waals surface area (Å²) in [6.07, 6.45) is 1.04. The lowest BCUT2D eigenvalue weighted by Gasteiger charge is -2.18. The monoisotopic (exact) mass is 275 g/mol. The van der Waals surface area contributed by atoms with Crippen molar-refractivity contribution in [2.24, 2.45) is 0 Å². The molecule has 0 bridgehead atoms. The van der Waals surface area contributed by atoms with E-state index >= 15 is 0 Å². The molecule has 0 unspecified atom stereocenters. The molecule has 2 rings (SSSR count). The molecule has 0 radical (unpaired) electrons.